The second-order valence-electron chi connectivity index (χ2n) is 6.03. The number of methoxy groups -OCH3 is 2. The summed E-state index contributed by atoms with van der Waals surface area (Å²) < 4.78 is 26.1. The first-order valence-electron chi connectivity index (χ1n) is 8.03. The third-order valence-corrected chi connectivity index (χ3v) is 4.30. The lowest BCUT2D eigenvalue weighted by Gasteiger charge is -2.23. The summed E-state index contributed by atoms with van der Waals surface area (Å²) in [5.74, 6) is 0.0160. The molecule has 8 heteroatoms. The molecule has 1 saturated carbocycles. The average Bonchev–Trinajstić information content (AvgIpc) is 3.39. The highest BCUT2D eigenvalue weighted by atomic mass is 19.1. The van der Waals surface area contributed by atoms with Crippen LogP contribution >= 0.6 is 0 Å². The van der Waals surface area contributed by atoms with E-state index in [-0.39, 0.29) is 24.1 Å². The third kappa shape index (κ3) is 3.16. The van der Waals surface area contributed by atoms with E-state index in [4.69, 9.17) is 9.47 Å². The number of rotatable bonds is 6. The summed E-state index contributed by atoms with van der Waals surface area (Å²) in [6.07, 6.45) is 3.38. The second kappa shape index (κ2) is 6.70. The number of carbonyl (C=O) groups excluding carboxylic acids is 1. The Kier molecular flexibility index (Phi) is 4.61. The van der Waals surface area contributed by atoms with Gasteiger partial charge in [0.15, 0.2) is 11.5 Å². The number of carbonyl (C=O) groups is 1. The van der Waals surface area contributed by atoms with Crippen LogP contribution in [-0.2, 0) is 13.6 Å². The van der Waals surface area contributed by atoms with E-state index in [9.17, 15) is 9.18 Å². The van der Waals surface area contributed by atoms with E-state index in [2.05, 4.69) is 10.1 Å². The average molecular weight is 348 g/mol. The molecule has 0 bridgehead atoms. The van der Waals surface area contributed by atoms with Crippen LogP contribution in [0.3, 0.4) is 0 Å². The number of hydrogen-bond acceptors (Lipinski definition) is 5. The number of pyridine rings is 1. The predicted molar refractivity (Wildman–Crippen MR) is 88.1 cm³/mol. The lowest BCUT2D eigenvalue weighted by Crippen LogP contribution is -2.34. The molecule has 0 saturated heterocycles. The Morgan fingerprint density at radius 1 is 1.40 bits per heavy atom. The molecule has 0 aliphatic heterocycles. The van der Waals surface area contributed by atoms with E-state index in [0.717, 1.165) is 17.5 Å². The first-order chi connectivity index (χ1) is 12.0. The van der Waals surface area contributed by atoms with Gasteiger partial charge in [-0.2, -0.15) is 9.49 Å². The predicted octanol–water partition coefficient (Wildman–Crippen LogP) is 2.08. The molecule has 2 aromatic rings. The zero-order chi connectivity index (χ0) is 18.1. The standard InChI is InChI=1S/C17H21FN4O3/c1-10-14(16(18)21(2)20-10)17(23)22(11-5-6-11)9-12-15(25-4)13(24-3)7-8-19-12/h7-8,11H,5-6,9H2,1-4H3. The monoisotopic (exact) mass is 348 g/mol. The molecule has 1 aliphatic carbocycles. The van der Waals surface area contributed by atoms with Gasteiger partial charge < -0.3 is 14.4 Å². The Labute approximate surface area is 145 Å². The molecule has 1 fully saturated rings. The second-order valence-corrected chi connectivity index (χ2v) is 6.03. The maximum Gasteiger partial charge on any atom is 0.261 e. The summed E-state index contributed by atoms with van der Waals surface area (Å²) in [5, 5.41) is 4.00. The molecule has 0 atom stereocenters. The van der Waals surface area contributed by atoms with Crippen molar-refractivity contribution in [3.05, 3.63) is 35.2 Å². The van der Waals surface area contributed by atoms with Crippen molar-refractivity contribution in [2.75, 3.05) is 14.2 Å². The molecule has 2 heterocycles. The molecule has 0 radical (unpaired) electrons. The molecule has 0 unspecified atom stereocenters. The number of aryl methyl sites for hydroxylation is 2. The molecule has 0 aromatic carbocycles. The summed E-state index contributed by atoms with van der Waals surface area (Å²) in [7, 11) is 4.55. The number of amides is 1. The normalized spacial score (nSPS) is 13.6. The van der Waals surface area contributed by atoms with Crippen LogP contribution in [0.4, 0.5) is 4.39 Å². The third-order valence-electron chi connectivity index (χ3n) is 4.30. The van der Waals surface area contributed by atoms with Crippen molar-refractivity contribution >= 4 is 5.91 Å². The highest BCUT2D eigenvalue weighted by molar-refractivity contribution is 5.95. The summed E-state index contributed by atoms with van der Waals surface area (Å²) in [6.45, 7) is 1.85. The van der Waals surface area contributed by atoms with Gasteiger partial charge in [0.1, 0.15) is 11.3 Å². The first-order valence-corrected chi connectivity index (χ1v) is 8.03. The quantitative estimate of drug-likeness (QED) is 0.799. The summed E-state index contributed by atoms with van der Waals surface area (Å²) in [5.41, 5.74) is 0.960. The van der Waals surface area contributed by atoms with E-state index in [0.29, 0.717) is 22.9 Å². The summed E-state index contributed by atoms with van der Waals surface area (Å²) >= 11 is 0. The molecule has 134 valence electrons. The van der Waals surface area contributed by atoms with Crippen LogP contribution in [0, 0.1) is 12.9 Å². The molecule has 1 amide bonds. The lowest BCUT2D eigenvalue weighted by atomic mass is 10.2. The SMILES string of the molecule is COc1ccnc(CN(C(=O)c2c(C)nn(C)c2F)C2CC2)c1OC. The van der Waals surface area contributed by atoms with Gasteiger partial charge in [0.05, 0.1) is 26.5 Å². The minimum Gasteiger partial charge on any atom is -0.493 e. The van der Waals surface area contributed by atoms with Crippen molar-refractivity contribution in [3.63, 3.8) is 0 Å². The van der Waals surface area contributed by atoms with Crippen LogP contribution in [0.1, 0.15) is 34.6 Å². The van der Waals surface area contributed by atoms with E-state index in [1.54, 1.807) is 31.2 Å². The molecule has 1 aliphatic rings. The Morgan fingerprint density at radius 3 is 2.64 bits per heavy atom. The molecule has 0 N–H and O–H groups in total. The van der Waals surface area contributed by atoms with E-state index in [1.165, 1.54) is 14.2 Å². The molecular formula is C17H21FN4O3. The molecule has 7 nitrogen and oxygen atoms in total. The van der Waals surface area contributed by atoms with Crippen LogP contribution in [0.15, 0.2) is 12.3 Å². The first kappa shape index (κ1) is 17.2. The number of aromatic nitrogens is 3. The minimum atomic E-state index is -0.626. The fourth-order valence-electron chi connectivity index (χ4n) is 2.89. The Morgan fingerprint density at radius 2 is 2.12 bits per heavy atom. The molecule has 3 rings (SSSR count). The van der Waals surface area contributed by atoms with Gasteiger partial charge in [-0.05, 0) is 19.8 Å². The number of ether oxygens (including phenoxy) is 2. The van der Waals surface area contributed by atoms with Crippen LogP contribution in [0.25, 0.3) is 0 Å². The summed E-state index contributed by atoms with van der Waals surface area (Å²) in [6, 6.07) is 1.76. The number of nitrogens with zero attached hydrogens (tertiary/aromatic N) is 4. The maximum atomic E-state index is 14.3. The number of halogens is 1. The van der Waals surface area contributed by atoms with Gasteiger partial charge in [0.2, 0.25) is 5.95 Å². The van der Waals surface area contributed by atoms with Gasteiger partial charge >= 0.3 is 0 Å². The van der Waals surface area contributed by atoms with Crippen molar-refractivity contribution in [2.24, 2.45) is 7.05 Å². The molecule has 25 heavy (non-hydrogen) atoms. The van der Waals surface area contributed by atoms with Crippen molar-refractivity contribution in [1.82, 2.24) is 19.7 Å². The van der Waals surface area contributed by atoms with Gasteiger partial charge in [-0.15, -0.1) is 0 Å². The van der Waals surface area contributed by atoms with Crippen LogP contribution in [0.2, 0.25) is 0 Å². The fraction of sp³-hybridized carbons (Fsp3) is 0.471. The van der Waals surface area contributed by atoms with Crippen molar-refractivity contribution in [1.29, 1.82) is 0 Å². The van der Waals surface area contributed by atoms with Crippen LogP contribution in [0.5, 0.6) is 11.5 Å². The largest absolute Gasteiger partial charge is 0.493 e. The fourth-order valence-corrected chi connectivity index (χ4v) is 2.89. The zero-order valence-electron chi connectivity index (χ0n) is 14.7. The van der Waals surface area contributed by atoms with Gasteiger partial charge in [0, 0.05) is 25.4 Å². The van der Waals surface area contributed by atoms with E-state index < -0.39 is 5.95 Å². The molecule has 0 spiro atoms. The zero-order valence-corrected chi connectivity index (χ0v) is 14.7. The van der Waals surface area contributed by atoms with E-state index in [1.807, 2.05) is 0 Å². The Hall–Kier alpha value is -2.64. The highest BCUT2D eigenvalue weighted by Gasteiger charge is 2.36. The van der Waals surface area contributed by atoms with Gasteiger partial charge in [-0.3, -0.25) is 9.78 Å². The molecule has 2 aromatic heterocycles. The van der Waals surface area contributed by atoms with Crippen molar-refractivity contribution < 1.29 is 18.7 Å². The van der Waals surface area contributed by atoms with Crippen LogP contribution < -0.4 is 9.47 Å². The van der Waals surface area contributed by atoms with Gasteiger partial charge in [0.25, 0.3) is 5.91 Å². The summed E-state index contributed by atoms with van der Waals surface area (Å²) in [4.78, 5) is 18.9. The van der Waals surface area contributed by atoms with E-state index >= 15 is 0 Å². The lowest BCUT2D eigenvalue weighted by molar-refractivity contribution is 0.0720. The van der Waals surface area contributed by atoms with Crippen molar-refractivity contribution in [3.8, 4) is 11.5 Å². The smallest absolute Gasteiger partial charge is 0.261 e. The topological polar surface area (TPSA) is 69.5 Å². The Balaban J connectivity index is 1.94. The van der Waals surface area contributed by atoms with Crippen molar-refractivity contribution in [2.45, 2.75) is 32.4 Å². The van der Waals surface area contributed by atoms with Gasteiger partial charge in [-0.25, -0.2) is 4.68 Å². The maximum absolute atomic E-state index is 14.3. The van der Waals surface area contributed by atoms with Gasteiger partial charge in [-0.1, -0.05) is 0 Å². The number of hydrogen-bond donors (Lipinski definition) is 0. The molecular weight excluding hydrogens is 327 g/mol. The highest BCUT2D eigenvalue weighted by Crippen LogP contribution is 2.34. The Bertz CT molecular complexity index is 801. The van der Waals surface area contributed by atoms with Crippen LogP contribution in [-0.4, -0.2) is 45.8 Å². The minimum absolute atomic E-state index is 0.0104.